The monoisotopic (exact) mass is 462 g/mol. The number of nitrogens with one attached hydrogen (secondary N) is 1. The molecule has 34 heavy (non-hydrogen) atoms. The fraction of sp³-hybridized carbons (Fsp3) is 0.280. The van der Waals surface area contributed by atoms with Gasteiger partial charge in [0, 0.05) is 30.8 Å². The highest BCUT2D eigenvalue weighted by atomic mass is 19.1. The molecule has 7 nitrogen and oxygen atoms in total. The lowest BCUT2D eigenvalue weighted by Gasteiger charge is -2.38. The number of hydrogen-bond acceptors (Lipinski definition) is 6. The third-order valence-corrected chi connectivity index (χ3v) is 6.04. The predicted octanol–water partition coefficient (Wildman–Crippen LogP) is 3.80. The number of nitriles is 1. The lowest BCUT2D eigenvalue weighted by atomic mass is 9.92. The summed E-state index contributed by atoms with van der Waals surface area (Å²) in [4.78, 5) is 23.3. The summed E-state index contributed by atoms with van der Waals surface area (Å²) in [6.45, 7) is 2.90. The van der Waals surface area contributed by atoms with Crippen molar-refractivity contribution in [3.63, 3.8) is 0 Å². The van der Waals surface area contributed by atoms with Crippen molar-refractivity contribution in [1.29, 1.82) is 5.26 Å². The molecule has 0 unspecified atom stereocenters. The molecular weight excluding hydrogens is 438 g/mol. The van der Waals surface area contributed by atoms with E-state index in [1.54, 1.807) is 6.07 Å². The van der Waals surface area contributed by atoms with Gasteiger partial charge in [-0.25, -0.2) is 13.8 Å². The molecular formula is C25H24F2N6O. The van der Waals surface area contributed by atoms with Gasteiger partial charge in [0.05, 0.1) is 11.6 Å². The average molecular weight is 463 g/mol. The molecule has 1 aromatic heterocycles. The fourth-order valence-corrected chi connectivity index (χ4v) is 4.15. The standard InChI is InChI=1S/C25H24F2N6O/c1-15-7-8-17(24(34)30-13-16-5-3-2-4-6-16)14-33(15)23-11-22(31-25(29)32-23)18-9-20(26)19(12-28)21(27)10-18/h2-6,9-11,15,17H,7-8,13-14H2,1H3,(H,30,34)(H2,29,31,32)/t15-,17+/m1/s1. The van der Waals surface area contributed by atoms with Gasteiger partial charge in [-0.2, -0.15) is 10.2 Å². The zero-order chi connectivity index (χ0) is 24.2. The molecule has 4 rings (SSSR count). The van der Waals surface area contributed by atoms with E-state index in [0.29, 0.717) is 18.9 Å². The van der Waals surface area contributed by atoms with Crippen LogP contribution in [0.2, 0.25) is 0 Å². The molecule has 1 saturated heterocycles. The first-order valence-corrected chi connectivity index (χ1v) is 11.0. The van der Waals surface area contributed by atoms with Gasteiger partial charge in [-0.3, -0.25) is 4.79 Å². The van der Waals surface area contributed by atoms with Crippen LogP contribution in [0, 0.1) is 28.9 Å². The summed E-state index contributed by atoms with van der Waals surface area (Å²) in [6.07, 6.45) is 1.50. The van der Waals surface area contributed by atoms with Gasteiger partial charge in [-0.15, -0.1) is 0 Å². The molecule has 0 bridgehead atoms. The fourth-order valence-electron chi connectivity index (χ4n) is 4.15. The molecule has 1 aliphatic rings. The molecule has 3 aromatic rings. The lowest BCUT2D eigenvalue weighted by molar-refractivity contribution is -0.125. The van der Waals surface area contributed by atoms with Gasteiger partial charge in [0.15, 0.2) is 0 Å². The third-order valence-electron chi connectivity index (χ3n) is 6.04. The summed E-state index contributed by atoms with van der Waals surface area (Å²) >= 11 is 0. The summed E-state index contributed by atoms with van der Waals surface area (Å²) in [5, 5.41) is 11.9. The Labute approximate surface area is 196 Å². The number of piperidine rings is 1. The number of carbonyl (C=O) groups is 1. The van der Waals surface area contributed by atoms with Gasteiger partial charge in [0.2, 0.25) is 11.9 Å². The Kier molecular flexibility index (Phi) is 6.68. The van der Waals surface area contributed by atoms with Gasteiger partial charge in [0.1, 0.15) is 29.1 Å². The van der Waals surface area contributed by atoms with Crippen LogP contribution in [0.25, 0.3) is 11.3 Å². The molecule has 0 radical (unpaired) electrons. The maximum Gasteiger partial charge on any atom is 0.225 e. The molecule has 3 N–H and O–H groups in total. The van der Waals surface area contributed by atoms with Gasteiger partial charge >= 0.3 is 0 Å². The van der Waals surface area contributed by atoms with Crippen molar-refractivity contribution >= 4 is 17.7 Å². The van der Waals surface area contributed by atoms with E-state index in [0.717, 1.165) is 30.5 Å². The maximum atomic E-state index is 14.2. The lowest BCUT2D eigenvalue weighted by Crippen LogP contribution is -2.47. The molecule has 1 aliphatic heterocycles. The Balaban J connectivity index is 1.55. The second-order valence-corrected chi connectivity index (χ2v) is 8.38. The van der Waals surface area contributed by atoms with E-state index < -0.39 is 17.2 Å². The van der Waals surface area contributed by atoms with Crippen molar-refractivity contribution in [2.75, 3.05) is 17.2 Å². The molecule has 0 aliphatic carbocycles. The number of nitrogens with zero attached hydrogens (tertiary/aromatic N) is 4. The molecule has 0 saturated carbocycles. The van der Waals surface area contributed by atoms with Crippen molar-refractivity contribution in [2.24, 2.45) is 5.92 Å². The summed E-state index contributed by atoms with van der Waals surface area (Å²) < 4.78 is 28.3. The van der Waals surface area contributed by atoms with Crippen LogP contribution in [0.15, 0.2) is 48.5 Å². The highest BCUT2D eigenvalue weighted by molar-refractivity contribution is 5.79. The van der Waals surface area contributed by atoms with Crippen LogP contribution in [-0.4, -0.2) is 28.5 Å². The Morgan fingerprint density at radius 2 is 1.88 bits per heavy atom. The predicted molar refractivity (Wildman–Crippen MR) is 124 cm³/mol. The maximum absolute atomic E-state index is 14.2. The smallest absolute Gasteiger partial charge is 0.225 e. The minimum absolute atomic E-state index is 0.0424. The highest BCUT2D eigenvalue weighted by Crippen LogP contribution is 2.31. The molecule has 2 atom stereocenters. The van der Waals surface area contributed by atoms with Crippen LogP contribution >= 0.6 is 0 Å². The Hall–Kier alpha value is -4.06. The first-order chi connectivity index (χ1) is 16.4. The second-order valence-electron chi connectivity index (χ2n) is 8.38. The molecule has 2 heterocycles. The quantitative estimate of drug-likeness (QED) is 0.597. The normalized spacial score (nSPS) is 17.8. The SMILES string of the molecule is C[C@@H]1CC[C@H](C(=O)NCc2ccccc2)CN1c1cc(-c2cc(F)c(C#N)c(F)c2)nc(N)n1. The summed E-state index contributed by atoms with van der Waals surface area (Å²) in [7, 11) is 0. The van der Waals surface area contributed by atoms with Crippen LogP contribution in [0.4, 0.5) is 20.5 Å². The first-order valence-electron chi connectivity index (χ1n) is 11.0. The number of anilines is 2. The molecule has 1 amide bonds. The number of halogens is 2. The molecule has 2 aromatic carbocycles. The van der Waals surface area contributed by atoms with Crippen molar-refractivity contribution in [3.05, 3.63) is 71.3 Å². The van der Waals surface area contributed by atoms with E-state index in [1.165, 1.54) is 6.07 Å². The largest absolute Gasteiger partial charge is 0.368 e. The van der Waals surface area contributed by atoms with E-state index in [2.05, 4.69) is 15.3 Å². The summed E-state index contributed by atoms with van der Waals surface area (Å²) in [6, 6.07) is 15.0. The summed E-state index contributed by atoms with van der Waals surface area (Å²) in [5.41, 5.74) is 6.66. The number of nitrogens with two attached hydrogens (primary N) is 1. The van der Waals surface area contributed by atoms with Crippen LogP contribution in [-0.2, 0) is 11.3 Å². The molecule has 1 fully saturated rings. The van der Waals surface area contributed by atoms with Crippen molar-refractivity contribution in [1.82, 2.24) is 15.3 Å². The van der Waals surface area contributed by atoms with Gasteiger partial charge < -0.3 is 16.0 Å². The number of benzene rings is 2. The van der Waals surface area contributed by atoms with Gasteiger partial charge in [0.25, 0.3) is 0 Å². The third kappa shape index (κ3) is 4.96. The van der Waals surface area contributed by atoms with Gasteiger partial charge in [-0.1, -0.05) is 30.3 Å². The van der Waals surface area contributed by atoms with Crippen molar-refractivity contribution in [2.45, 2.75) is 32.4 Å². The number of rotatable bonds is 5. The Bertz CT molecular complexity index is 1220. The number of carbonyl (C=O) groups excluding carboxylic acids is 1. The van der Waals surface area contributed by atoms with E-state index >= 15 is 0 Å². The van der Waals surface area contributed by atoms with E-state index in [-0.39, 0.29) is 35.1 Å². The van der Waals surface area contributed by atoms with Crippen LogP contribution in [0.1, 0.15) is 30.9 Å². The highest BCUT2D eigenvalue weighted by Gasteiger charge is 2.31. The minimum atomic E-state index is -0.974. The van der Waals surface area contributed by atoms with Gasteiger partial charge in [-0.05, 0) is 37.5 Å². The topological polar surface area (TPSA) is 108 Å². The molecule has 174 valence electrons. The van der Waals surface area contributed by atoms with E-state index in [9.17, 15) is 13.6 Å². The zero-order valence-corrected chi connectivity index (χ0v) is 18.6. The van der Waals surface area contributed by atoms with Crippen LogP contribution in [0.5, 0.6) is 0 Å². The van der Waals surface area contributed by atoms with E-state index in [1.807, 2.05) is 42.2 Å². The van der Waals surface area contributed by atoms with Crippen molar-refractivity contribution < 1.29 is 13.6 Å². The van der Waals surface area contributed by atoms with Crippen molar-refractivity contribution in [3.8, 4) is 17.3 Å². The van der Waals surface area contributed by atoms with E-state index in [4.69, 9.17) is 11.0 Å². The molecule has 9 heteroatoms. The number of amides is 1. The molecule has 0 spiro atoms. The number of nitrogen functional groups attached to an aromatic ring is 1. The average Bonchev–Trinajstić information content (AvgIpc) is 2.83. The van der Waals surface area contributed by atoms with Crippen LogP contribution < -0.4 is 16.0 Å². The first kappa shape index (κ1) is 23.1. The number of aromatic nitrogens is 2. The Morgan fingerprint density at radius 3 is 2.56 bits per heavy atom. The number of hydrogen-bond donors (Lipinski definition) is 2. The minimum Gasteiger partial charge on any atom is -0.368 e. The van der Waals surface area contributed by atoms with Crippen LogP contribution in [0.3, 0.4) is 0 Å². The second kappa shape index (κ2) is 9.83. The Morgan fingerprint density at radius 1 is 1.18 bits per heavy atom. The zero-order valence-electron chi connectivity index (χ0n) is 18.6. The summed E-state index contributed by atoms with van der Waals surface area (Å²) in [5.74, 6) is -1.82.